The van der Waals surface area contributed by atoms with Crippen LogP contribution in [0.5, 0.6) is 0 Å². The van der Waals surface area contributed by atoms with Gasteiger partial charge >= 0.3 is 0 Å². The Balaban J connectivity index is 2.48. The minimum atomic E-state index is -0.220. The second-order valence-corrected chi connectivity index (χ2v) is 6.28. The largest absolute Gasteiger partial charge is 0.306 e. The van der Waals surface area contributed by atoms with Gasteiger partial charge in [-0.2, -0.15) is 11.3 Å². The maximum Gasteiger partial charge on any atom is 0.123 e. The Labute approximate surface area is 127 Å². The normalized spacial score (nSPS) is 12.7. The summed E-state index contributed by atoms with van der Waals surface area (Å²) in [5.41, 5.74) is 2.05. The Morgan fingerprint density at radius 3 is 2.61 bits per heavy atom. The van der Waals surface area contributed by atoms with Crippen LogP contribution in [0.15, 0.2) is 37.9 Å². The lowest BCUT2D eigenvalue weighted by molar-refractivity contribution is 0.601. The highest BCUT2D eigenvalue weighted by atomic mass is 79.9. The SMILES string of the molecule is CCNC(c1cscc1Br)c1cc(F)ccc1Br. The van der Waals surface area contributed by atoms with Gasteiger partial charge in [0.2, 0.25) is 0 Å². The van der Waals surface area contributed by atoms with Gasteiger partial charge in [-0.15, -0.1) is 0 Å². The Bertz CT molecular complexity index is 542. The van der Waals surface area contributed by atoms with E-state index in [0.717, 1.165) is 26.6 Å². The van der Waals surface area contributed by atoms with Crippen LogP contribution in [0, 0.1) is 5.82 Å². The highest BCUT2D eigenvalue weighted by Crippen LogP contribution is 2.35. The van der Waals surface area contributed by atoms with Gasteiger partial charge in [-0.25, -0.2) is 4.39 Å². The molecule has 1 N–H and O–H groups in total. The first-order valence-corrected chi connectivity index (χ1v) is 8.06. The topological polar surface area (TPSA) is 12.0 Å². The van der Waals surface area contributed by atoms with Gasteiger partial charge in [-0.05, 0) is 57.2 Å². The maximum atomic E-state index is 13.4. The number of benzene rings is 1. The highest BCUT2D eigenvalue weighted by Gasteiger charge is 2.19. The molecule has 5 heteroatoms. The summed E-state index contributed by atoms with van der Waals surface area (Å²) in [5.74, 6) is -0.220. The average Bonchev–Trinajstić information content (AvgIpc) is 2.76. The summed E-state index contributed by atoms with van der Waals surface area (Å²) in [6.45, 7) is 2.86. The van der Waals surface area contributed by atoms with Crippen LogP contribution in [0.4, 0.5) is 4.39 Å². The summed E-state index contributed by atoms with van der Waals surface area (Å²) in [7, 11) is 0. The van der Waals surface area contributed by atoms with Gasteiger partial charge in [-0.1, -0.05) is 22.9 Å². The summed E-state index contributed by atoms with van der Waals surface area (Å²) in [6.07, 6.45) is 0. The van der Waals surface area contributed by atoms with Crippen molar-refractivity contribution in [1.29, 1.82) is 0 Å². The van der Waals surface area contributed by atoms with E-state index < -0.39 is 0 Å². The smallest absolute Gasteiger partial charge is 0.123 e. The van der Waals surface area contributed by atoms with Crippen molar-refractivity contribution in [3.8, 4) is 0 Å². The molecule has 1 aromatic carbocycles. The Kier molecular flexibility index (Phi) is 4.95. The van der Waals surface area contributed by atoms with Crippen LogP contribution in [0.2, 0.25) is 0 Å². The standard InChI is InChI=1S/C13H12Br2FNS/c1-2-17-13(10-6-18-7-12(10)15)9-5-8(16)3-4-11(9)14/h3-7,13,17H,2H2,1H3. The fraction of sp³-hybridized carbons (Fsp3) is 0.231. The van der Waals surface area contributed by atoms with E-state index in [1.54, 1.807) is 23.5 Å². The third kappa shape index (κ3) is 3.02. The van der Waals surface area contributed by atoms with Crippen molar-refractivity contribution in [2.75, 3.05) is 6.54 Å². The van der Waals surface area contributed by atoms with Crippen molar-refractivity contribution in [1.82, 2.24) is 5.32 Å². The van der Waals surface area contributed by atoms with E-state index >= 15 is 0 Å². The molecule has 0 spiro atoms. The lowest BCUT2D eigenvalue weighted by Gasteiger charge is -2.19. The average molecular weight is 393 g/mol. The van der Waals surface area contributed by atoms with Gasteiger partial charge in [0.15, 0.2) is 0 Å². The maximum absolute atomic E-state index is 13.4. The van der Waals surface area contributed by atoms with Crippen molar-refractivity contribution in [3.05, 3.63) is 54.8 Å². The van der Waals surface area contributed by atoms with Gasteiger partial charge in [0, 0.05) is 14.3 Å². The van der Waals surface area contributed by atoms with E-state index in [1.807, 2.05) is 12.3 Å². The molecule has 0 aliphatic rings. The van der Waals surface area contributed by atoms with E-state index in [0.29, 0.717) is 0 Å². The molecule has 0 aliphatic carbocycles. The molecule has 0 fully saturated rings. The van der Waals surface area contributed by atoms with Gasteiger partial charge in [-0.3, -0.25) is 0 Å². The predicted octanol–water partition coefficient (Wildman–Crippen LogP) is 5.11. The zero-order valence-corrected chi connectivity index (χ0v) is 13.7. The zero-order valence-electron chi connectivity index (χ0n) is 9.71. The molecule has 0 amide bonds. The van der Waals surface area contributed by atoms with Gasteiger partial charge < -0.3 is 5.32 Å². The Hall–Kier alpha value is -0.230. The van der Waals surface area contributed by atoms with E-state index in [2.05, 4.69) is 42.6 Å². The van der Waals surface area contributed by atoms with Gasteiger partial charge in [0.05, 0.1) is 6.04 Å². The number of nitrogens with one attached hydrogen (secondary N) is 1. The fourth-order valence-electron chi connectivity index (χ4n) is 1.82. The molecule has 1 nitrogen and oxygen atoms in total. The van der Waals surface area contributed by atoms with Crippen molar-refractivity contribution in [3.63, 3.8) is 0 Å². The third-order valence-electron chi connectivity index (χ3n) is 2.63. The number of hydrogen-bond donors (Lipinski definition) is 1. The first-order valence-electron chi connectivity index (χ1n) is 5.53. The van der Waals surface area contributed by atoms with Crippen LogP contribution in [0.25, 0.3) is 0 Å². The molecule has 96 valence electrons. The molecule has 1 atom stereocenters. The van der Waals surface area contributed by atoms with E-state index in [-0.39, 0.29) is 11.9 Å². The molecule has 2 aromatic rings. The van der Waals surface area contributed by atoms with E-state index in [9.17, 15) is 4.39 Å². The van der Waals surface area contributed by atoms with Crippen LogP contribution in [-0.4, -0.2) is 6.54 Å². The molecule has 18 heavy (non-hydrogen) atoms. The third-order valence-corrected chi connectivity index (χ3v) is 5.10. The zero-order chi connectivity index (χ0) is 13.1. The number of rotatable bonds is 4. The molecule has 2 rings (SSSR count). The minimum absolute atomic E-state index is 0.0132. The molecular formula is C13H12Br2FNS. The molecule has 0 radical (unpaired) electrons. The minimum Gasteiger partial charge on any atom is -0.306 e. The van der Waals surface area contributed by atoms with Crippen molar-refractivity contribution in [2.24, 2.45) is 0 Å². The molecule has 0 bridgehead atoms. The monoisotopic (exact) mass is 391 g/mol. The molecule has 0 saturated heterocycles. The first kappa shape index (κ1) is 14.2. The fourth-order valence-corrected chi connectivity index (χ4v) is 3.85. The number of halogens is 3. The number of thiophene rings is 1. The predicted molar refractivity (Wildman–Crippen MR) is 81.6 cm³/mol. The molecule has 1 unspecified atom stereocenters. The highest BCUT2D eigenvalue weighted by molar-refractivity contribution is 9.10. The van der Waals surface area contributed by atoms with Crippen LogP contribution in [0.3, 0.4) is 0 Å². The molecular weight excluding hydrogens is 381 g/mol. The summed E-state index contributed by atoms with van der Waals surface area (Å²) in [5, 5.41) is 7.50. The number of hydrogen-bond acceptors (Lipinski definition) is 2. The molecule has 0 aliphatic heterocycles. The summed E-state index contributed by atoms with van der Waals surface area (Å²) in [4.78, 5) is 0. The van der Waals surface area contributed by atoms with Crippen molar-refractivity contribution < 1.29 is 4.39 Å². The summed E-state index contributed by atoms with van der Waals surface area (Å²) < 4.78 is 15.4. The van der Waals surface area contributed by atoms with Crippen LogP contribution in [0.1, 0.15) is 24.1 Å². The first-order chi connectivity index (χ1) is 8.63. The quantitative estimate of drug-likeness (QED) is 0.762. The van der Waals surface area contributed by atoms with Gasteiger partial charge in [0.25, 0.3) is 0 Å². The van der Waals surface area contributed by atoms with Crippen LogP contribution in [-0.2, 0) is 0 Å². The summed E-state index contributed by atoms with van der Waals surface area (Å²) >= 11 is 8.66. The van der Waals surface area contributed by atoms with E-state index in [4.69, 9.17) is 0 Å². The Morgan fingerprint density at radius 2 is 2.00 bits per heavy atom. The lowest BCUT2D eigenvalue weighted by Crippen LogP contribution is -2.22. The molecule has 0 saturated carbocycles. The molecule has 1 heterocycles. The second-order valence-electron chi connectivity index (χ2n) is 3.83. The van der Waals surface area contributed by atoms with Crippen LogP contribution >= 0.6 is 43.2 Å². The van der Waals surface area contributed by atoms with Gasteiger partial charge in [0.1, 0.15) is 5.82 Å². The summed E-state index contributed by atoms with van der Waals surface area (Å²) in [6, 6.07) is 4.76. The van der Waals surface area contributed by atoms with Crippen LogP contribution < -0.4 is 5.32 Å². The second kappa shape index (κ2) is 6.28. The Morgan fingerprint density at radius 1 is 1.22 bits per heavy atom. The van der Waals surface area contributed by atoms with E-state index in [1.165, 1.54) is 6.07 Å². The molecule has 1 aromatic heterocycles. The van der Waals surface area contributed by atoms with Crippen molar-refractivity contribution in [2.45, 2.75) is 13.0 Å². The van der Waals surface area contributed by atoms with Crippen molar-refractivity contribution >= 4 is 43.2 Å². The lowest BCUT2D eigenvalue weighted by atomic mass is 10.0.